The van der Waals surface area contributed by atoms with Crippen molar-refractivity contribution in [1.29, 1.82) is 0 Å². The zero-order chi connectivity index (χ0) is 17.0. The van der Waals surface area contributed by atoms with Crippen molar-refractivity contribution in [2.75, 3.05) is 11.9 Å². The number of nitro groups is 1. The van der Waals surface area contributed by atoms with Crippen LogP contribution in [0, 0.1) is 10.1 Å². The van der Waals surface area contributed by atoms with E-state index in [2.05, 4.69) is 10.3 Å². The predicted octanol–water partition coefficient (Wildman–Crippen LogP) is 3.37. The van der Waals surface area contributed by atoms with Crippen LogP contribution < -0.4 is 10.1 Å². The van der Waals surface area contributed by atoms with E-state index in [1.807, 2.05) is 26.2 Å². The molecule has 2 rings (SSSR count). The predicted molar refractivity (Wildman–Crippen MR) is 88.0 cm³/mol. The number of hydrogen-bond donors (Lipinski definition) is 1. The first kappa shape index (κ1) is 16.9. The largest absolute Gasteiger partial charge is 0.484 e. The molecule has 1 aromatic heterocycles. The lowest BCUT2D eigenvalue weighted by atomic mass is 9.93. The number of nitro benzene ring substituents is 1. The highest BCUT2D eigenvalue weighted by Crippen LogP contribution is 2.26. The minimum Gasteiger partial charge on any atom is -0.484 e. The van der Waals surface area contributed by atoms with Gasteiger partial charge >= 0.3 is 0 Å². The number of hydrogen-bond acceptors (Lipinski definition) is 6. The molecule has 0 spiro atoms. The molecular weight excluding hydrogens is 318 g/mol. The number of amides is 1. The molecule has 0 radical (unpaired) electrons. The fourth-order valence-corrected chi connectivity index (χ4v) is 2.60. The molecule has 1 amide bonds. The van der Waals surface area contributed by atoms with Gasteiger partial charge in [0.15, 0.2) is 11.7 Å². The molecule has 0 saturated heterocycles. The van der Waals surface area contributed by atoms with Crippen LogP contribution in [0.25, 0.3) is 0 Å². The molecule has 8 heteroatoms. The Balaban J connectivity index is 1.87. The number of aromatic nitrogens is 1. The van der Waals surface area contributed by atoms with Gasteiger partial charge in [-0.3, -0.25) is 20.2 Å². The maximum absolute atomic E-state index is 11.8. The minimum absolute atomic E-state index is 0.0284. The number of nitrogens with one attached hydrogen (secondary N) is 1. The zero-order valence-corrected chi connectivity index (χ0v) is 13.8. The van der Waals surface area contributed by atoms with Crippen LogP contribution in [0.3, 0.4) is 0 Å². The molecule has 0 saturated carbocycles. The highest BCUT2D eigenvalue weighted by Gasteiger charge is 2.18. The number of benzene rings is 1. The first-order valence-electron chi connectivity index (χ1n) is 6.89. The topological polar surface area (TPSA) is 94.4 Å². The molecular formula is C15H17N3O4S. The molecule has 0 bridgehead atoms. The van der Waals surface area contributed by atoms with E-state index in [4.69, 9.17) is 4.74 Å². The summed E-state index contributed by atoms with van der Waals surface area (Å²) in [6.45, 7) is 5.95. The molecule has 1 aromatic carbocycles. The fraction of sp³-hybridized carbons (Fsp3) is 0.333. The van der Waals surface area contributed by atoms with Gasteiger partial charge in [0.25, 0.3) is 11.6 Å². The van der Waals surface area contributed by atoms with Gasteiger partial charge in [-0.2, -0.15) is 0 Å². The summed E-state index contributed by atoms with van der Waals surface area (Å²) in [5, 5.41) is 15.6. The Hall–Kier alpha value is -2.48. The second-order valence-electron chi connectivity index (χ2n) is 5.88. The second-order valence-corrected chi connectivity index (χ2v) is 6.73. The second kappa shape index (κ2) is 6.74. The number of nitrogens with zero attached hydrogens (tertiary/aromatic N) is 2. The van der Waals surface area contributed by atoms with Crippen LogP contribution in [0.2, 0.25) is 0 Å². The van der Waals surface area contributed by atoms with Crippen molar-refractivity contribution >= 4 is 28.1 Å². The molecule has 1 heterocycles. The van der Waals surface area contributed by atoms with Gasteiger partial charge in [0, 0.05) is 22.9 Å². The zero-order valence-electron chi connectivity index (χ0n) is 13.0. The number of rotatable bonds is 5. The number of anilines is 1. The number of ether oxygens (including phenoxy) is 1. The number of carbonyl (C=O) groups excluding carboxylic acids is 1. The van der Waals surface area contributed by atoms with E-state index in [0.29, 0.717) is 10.9 Å². The Morgan fingerprint density at radius 2 is 2.00 bits per heavy atom. The van der Waals surface area contributed by atoms with Crippen LogP contribution in [0.1, 0.15) is 26.5 Å². The van der Waals surface area contributed by atoms with E-state index in [1.54, 1.807) is 0 Å². The molecule has 7 nitrogen and oxygen atoms in total. The van der Waals surface area contributed by atoms with Gasteiger partial charge in [0.1, 0.15) is 5.75 Å². The van der Waals surface area contributed by atoms with Gasteiger partial charge in [0.05, 0.1) is 10.6 Å². The summed E-state index contributed by atoms with van der Waals surface area (Å²) in [6.07, 6.45) is 0. The molecule has 1 N–H and O–H groups in total. The molecule has 0 aliphatic rings. The van der Waals surface area contributed by atoms with Gasteiger partial charge in [-0.1, -0.05) is 20.8 Å². The van der Waals surface area contributed by atoms with Crippen molar-refractivity contribution in [2.45, 2.75) is 26.2 Å². The minimum atomic E-state index is -0.494. The van der Waals surface area contributed by atoms with Crippen LogP contribution in [0.5, 0.6) is 5.75 Å². The SMILES string of the molecule is CC(C)(C)c1csc(NC(=O)COc2ccc([N+](=O)[O-])cc2)n1. The normalized spacial score (nSPS) is 11.1. The summed E-state index contributed by atoms with van der Waals surface area (Å²) in [7, 11) is 0. The molecule has 0 atom stereocenters. The molecule has 23 heavy (non-hydrogen) atoms. The van der Waals surface area contributed by atoms with E-state index >= 15 is 0 Å². The standard InChI is InChI=1S/C15H17N3O4S/c1-15(2,3)12-9-23-14(16-12)17-13(19)8-22-11-6-4-10(5-7-11)18(20)21/h4-7,9H,8H2,1-3H3,(H,16,17,19). The highest BCUT2D eigenvalue weighted by atomic mass is 32.1. The summed E-state index contributed by atoms with van der Waals surface area (Å²) in [4.78, 5) is 26.3. The van der Waals surface area contributed by atoms with E-state index < -0.39 is 4.92 Å². The molecule has 122 valence electrons. The monoisotopic (exact) mass is 335 g/mol. The van der Waals surface area contributed by atoms with Gasteiger partial charge in [-0.25, -0.2) is 4.98 Å². The van der Waals surface area contributed by atoms with E-state index in [0.717, 1.165) is 5.69 Å². The maximum atomic E-state index is 11.8. The first-order valence-corrected chi connectivity index (χ1v) is 7.77. The lowest BCUT2D eigenvalue weighted by Crippen LogP contribution is -2.20. The lowest BCUT2D eigenvalue weighted by Gasteiger charge is -2.14. The first-order chi connectivity index (χ1) is 10.8. The highest BCUT2D eigenvalue weighted by molar-refractivity contribution is 7.13. The molecule has 0 fully saturated rings. The number of non-ortho nitro benzene ring substituents is 1. The summed E-state index contributed by atoms with van der Waals surface area (Å²) in [5.74, 6) is 0.0541. The van der Waals surface area contributed by atoms with E-state index in [-0.39, 0.29) is 23.6 Å². The van der Waals surface area contributed by atoms with Crippen LogP contribution >= 0.6 is 11.3 Å². The fourth-order valence-electron chi connectivity index (χ4n) is 1.64. The maximum Gasteiger partial charge on any atom is 0.269 e. The van der Waals surface area contributed by atoms with Crippen molar-refractivity contribution in [2.24, 2.45) is 0 Å². The average Bonchev–Trinajstić information content (AvgIpc) is 2.94. The quantitative estimate of drug-likeness (QED) is 0.668. The summed E-state index contributed by atoms with van der Waals surface area (Å²) in [5.41, 5.74) is 0.808. The van der Waals surface area contributed by atoms with E-state index in [9.17, 15) is 14.9 Å². The third kappa shape index (κ3) is 4.75. The lowest BCUT2D eigenvalue weighted by molar-refractivity contribution is -0.384. The third-order valence-electron chi connectivity index (χ3n) is 2.94. The molecule has 2 aromatic rings. The van der Waals surface area contributed by atoms with Gasteiger partial charge < -0.3 is 4.74 Å². The Labute approximate surface area is 137 Å². The van der Waals surface area contributed by atoms with Gasteiger partial charge in [-0.05, 0) is 12.1 Å². The Morgan fingerprint density at radius 1 is 1.35 bits per heavy atom. The molecule has 0 unspecified atom stereocenters. The molecule has 0 aliphatic heterocycles. The van der Waals surface area contributed by atoms with E-state index in [1.165, 1.54) is 35.6 Å². The smallest absolute Gasteiger partial charge is 0.269 e. The van der Waals surface area contributed by atoms with Crippen molar-refractivity contribution < 1.29 is 14.5 Å². The summed E-state index contributed by atoms with van der Waals surface area (Å²) < 4.78 is 5.29. The van der Waals surface area contributed by atoms with Crippen molar-refractivity contribution in [1.82, 2.24) is 4.98 Å². The van der Waals surface area contributed by atoms with Crippen LogP contribution in [0.4, 0.5) is 10.8 Å². The third-order valence-corrected chi connectivity index (χ3v) is 3.69. The Kier molecular flexibility index (Phi) is 4.95. The molecule has 0 aliphatic carbocycles. The van der Waals surface area contributed by atoms with Crippen molar-refractivity contribution in [3.63, 3.8) is 0 Å². The Bertz CT molecular complexity index is 704. The van der Waals surface area contributed by atoms with Crippen LogP contribution in [-0.4, -0.2) is 22.4 Å². The van der Waals surface area contributed by atoms with Gasteiger partial charge in [-0.15, -0.1) is 11.3 Å². The number of thiazole rings is 1. The Morgan fingerprint density at radius 3 is 2.52 bits per heavy atom. The van der Waals surface area contributed by atoms with Gasteiger partial charge in [0.2, 0.25) is 0 Å². The summed E-state index contributed by atoms with van der Waals surface area (Å²) >= 11 is 1.36. The number of carbonyl (C=O) groups is 1. The van der Waals surface area contributed by atoms with Crippen LogP contribution in [0.15, 0.2) is 29.6 Å². The van der Waals surface area contributed by atoms with Crippen molar-refractivity contribution in [3.8, 4) is 5.75 Å². The summed E-state index contributed by atoms with van der Waals surface area (Å²) in [6, 6.07) is 5.55. The van der Waals surface area contributed by atoms with Crippen LogP contribution in [-0.2, 0) is 10.2 Å². The van der Waals surface area contributed by atoms with Crippen molar-refractivity contribution in [3.05, 3.63) is 45.5 Å². The average molecular weight is 335 g/mol.